The van der Waals surface area contributed by atoms with Crippen molar-refractivity contribution in [1.29, 1.82) is 0 Å². The SMILES string of the molecule is CC(=O)N1CC(NC(=O)c2cc(C3CC3)on2)CCC1C(F)(F)F. The number of halogens is 3. The van der Waals surface area contributed by atoms with Gasteiger partial charge in [0.05, 0.1) is 0 Å². The van der Waals surface area contributed by atoms with Crippen LogP contribution in [-0.4, -0.2) is 46.7 Å². The molecule has 2 fully saturated rings. The zero-order valence-corrected chi connectivity index (χ0v) is 13.1. The predicted molar refractivity (Wildman–Crippen MR) is 76.2 cm³/mol. The number of piperidine rings is 1. The fourth-order valence-electron chi connectivity index (χ4n) is 2.99. The van der Waals surface area contributed by atoms with Gasteiger partial charge in [0, 0.05) is 31.5 Å². The molecule has 2 aliphatic rings. The molecule has 0 aromatic carbocycles. The minimum absolute atomic E-state index is 0.115. The van der Waals surface area contributed by atoms with E-state index in [-0.39, 0.29) is 25.1 Å². The standard InChI is InChI=1S/C15H18F3N3O3/c1-8(22)21-7-10(4-5-13(21)15(16,17)18)19-14(23)11-6-12(24-20-11)9-2-3-9/h6,9-10,13H,2-5,7H2,1H3,(H,19,23). The maximum atomic E-state index is 13.0. The first-order valence-electron chi connectivity index (χ1n) is 7.87. The summed E-state index contributed by atoms with van der Waals surface area (Å²) in [6.07, 6.45) is -2.55. The van der Waals surface area contributed by atoms with Gasteiger partial charge in [-0.2, -0.15) is 13.2 Å². The van der Waals surface area contributed by atoms with E-state index in [0.717, 1.165) is 24.7 Å². The lowest BCUT2D eigenvalue weighted by molar-refractivity contribution is -0.196. The first-order chi connectivity index (χ1) is 11.3. The van der Waals surface area contributed by atoms with Crippen LogP contribution in [0.4, 0.5) is 13.2 Å². The van der Waals surface area contributed by atoms with E-state index >= 15 is 0 Å². The highest BCUT2D eigenvalue weighted by atomic mass is 19.4. The molecular weight excluding hydrogens is 327 g/mol. The Morgan fingerprint density at radius 2 is 2.00 bits per heavy atom. The van der Waals surface area contributed by atoms with E-state index in [1.165, 1.54) is 0 Å². The number of carbonyl (C=O) groups is 2. The normalized spacial score (nSPS) is 24.8. The minimum Gasteiger partial charge on any atom is -0.360 e. The third-order valence-electron chi connectivity index (χ3n) is 4.44. The highest BCUT2D eigenvalue weighted by Gasteiger charge is 2.47. The van der Waals surface area contributed by atoms with Crippen molar-refractivity contribution in [3.8, 4) is 0 Å². The molecule has 2 heterocycles. The summed E-state index contributed by atoms with van der Waals surface area (Å²) in [5.41, 5.74) is 0.115. The van der Waals surface area contributed by atoms with Gasteiger partial charge in [0.1, 0.15) is 11.8 Å². The van der Waals surface area contributed by atoms with Gasteiger partial charge in [-0.05, 0) is 25.7 Å². The third kappa shape index (κ3) is 3.54. The van der Waals surface area contributed by atoms with E-state index in [1.54, 1.807) is 6.07 Å². The van der Waals surface area contributed by atoms with Crippen LogP contribution in [0, 0.1) is 0 Å². The second-order valence-electron chi connectivity index (χ2n) is 6.37. The second-order valence-corrected chi connectivity index (χ2v) is 6.37. The van der Waals surface area contributed by atoms with Crippen molar-refractivity contribution in [2.24, 2.45) is 0 Å². The van der Waals surface area contributed by atoms with Gasteiger partial charge in [0.2, 0.25) is 5.91 Å². The van der Waals surface area contributed by atoms with E-state index in [0.29, 0.717) is 11.7 Å². The van der Waals surface area contributed by atoms with Gasteiger partial charge in [-0.15, -0.1) is 0 Å². The number of amides is 2. The fraction of sp³-hybridized carbons (Fsp3) is 0.667. The molecule has 1 aliphatic carbocycles. The Morgan fingerprint density at radius 1 is 1.29 bits per heavy atom. The predicted octanol–water partition coefficient (Wildman–Crippen LogP) is 2.22. The Bertz CT molecular complexity index is 639. The molecule has 9 heteroatoms. The lowest BCUT2D eigenvalue weighted by Crippen LogP contribution is -2.57. The van der Waals surface area contributed by atoms with Gasteiger partial charge >= 0.3 is 6.18 Å². The molecule has 0 radical (unpaired) electrons. The number of hydrogen-bond acceptors (Lipinski definition) is 4. The number of likely N-dealkylation sites (tertiary alicyclic amines) is 1. The Labute approximate surface area is 136 Å². The summed E-state index contributed by atoms with van der Waals surface area (Å²) in [6.45, 7) is 0.932. The topological polar surface area (TPSA) is 75.4 Å². The number of alkyl halides is 3. The molecule has 0 bridgehead atoms. The maximum Gasteiger partial charge on any atom is 0.408 e. The van der Waals surface area contributed by atoms with E-state index in [1.807, 2.05) is 0 Å². The van der Waals surface area contributed by atoms with Crippen LogP contribution in [0.15, 0.2) is 10.6 Å². The molecule has 2 unspecified atom stereocenters. The summed E-state index contributed by atoms with van der Waals surface area (Å²) in [7, 11) is 0. The Morgan fingerprint density at radius 3 is 2.58 bits per heavy atom. The van der Waals surface area contributed by atoms with Crippen LogP contribution in [0.2, 0.25) is 0 Å². The zero-order chi connectivity index (χ0) is 17.5. The van der Waals surface area contributed by atoms with Crippen molar-refractivity contribution in [1.82, 2.24) is 15.4 Å². The minimum atomic E-state index is -4.47. The lowest BCUT2D eigenvalue weighted by atomic mass is 9.97. The maximum absolute atomic E-state index is 13.0. The third-order valence-corrected chi connectivity index (χ3v) is 4.44. The largest absolute Gasteiger partial charge is 0.408 e. The molecule has 3 rings (SSSR count). The van der Waals surface area contributed by atoms with Gasteiger partial charge in [0.15, 0.2) is 5.69 Å². The summed E-state index contributed by atoms with van der Waals surface area (Å²) < 4.78 is 44.1. The number of aromatic nitrogens is 1. The highest BCUT2D eigenvalue weighted by Crippen LogP contribution is 2.40. The van der Waals surface area contributed by atoms with E-state index < -0.39 is 30.1 Å². The number of carbonyl (C=O) groups excluding carboxylic acids is 2. The van der Waals surface area contributed by atoms with E-state index in [4.69, 9.17) is 4.52 Å². The molecule has 6 nitrogen and oxygen atoms in total. The van der Waals surface area contributed by atoms with Crippen LogP contribution in [0.5, 0.6) is 0 Å². The lowest BCUT2D eigenvalue weighted by Gasteiger charge is -2.40. The molecule has 1 aromatic rings. The fourth-order valence-corrected chi connectivity index (χ4v) is 2.99. The molecule has 1 saturated heterocycles. The quantitative estimate of drug-likeness (QED) is 0.911. The van der Waals surface area contributed by atoms with Crippen molar-refractivity contribution >= 4 is 11.8 Å². The smallest absolute Gasteiger partial charge is 0.360 e. The summed E-state index contributed by atoms with van der Waals surface area (Å²) in [4.78, 5) is 24.5. The number of rotatable bonds is 3. The van der Waals surface area contributed by atoms with E-state index in [9.17, 15) is 22.8 Å². The van der Waals surface area contributed by atoms with Crippen molar-refractivity contribution in [2.75, 3.05) is 6.54 Å². The molecule has 1 saturated carbocycles. The van der Waals surface area contributed by atoms with Crippen LogP contribution in [0.3, 0.4) is 0 Å². The monoisotopic (exact) mass is 345 g/mol. The molecule has 24 heavy (non-hydrogen) atoms. The van der Waals surface area contributed by atoms with Gasteiger partial charge in [-0.1, -0.05) is 5.16 Å². The molecule has 2 amide bonds. The van der Waals surface area contributed by atoms with Crippen LogP contribution in [0.1, 0.15) is 54.8 Å². The van der Waals surface area contributed by atoms with Crippen LogP contribution in [-0.2, 0) is 4.79 Å². The summed E-state index contributed by atoms with van der Waals surface area (Å²) in [5, 5.41) is 6.35. The van der Waals surface area contributed by atoms with Gasteiger partial charge in [-0.25, -0.2) is 0 Å². The first-order valence-corrected chi connectivity index (χ1v) is 7.87. The summed E-state index contributed by atoms with van der Waals surface area (Å²) >= 11 is 0. The number of nitrogens with one attached hydrogen (secondary N) is 1. The highest BCUT2D eigenvalue weighted by molar-refractivity contribution is 5.92. The molecule has 1 aliphatic heterocycles. The molecule has 1 N–H and O–H groups in total. The van der Waals surface area contributed by atoms with Crippen molar-refractivity contribution < 1.29 is 27.3 Å². The Hall–Kier alpha value is -2.06. The average molecular weight is 345 g/mol. The van der Waals surface area contributed by atoms with Crippen LogP contribution in [0.25, 0.3) is 0 Å². The average Bonchev–Trinajstić information content (AvgIpc) is 3.23. The molecular formula is C15H18F3N3O3. The van der Waals surface area contributed by atoms with Crippen molar-refractivity contribution in [3.63, 3.8) is 0 Å². The summed E-state index contributed by atoms with van der Waals surface area (Å²) in [6, 6.07) is -0.769. The molecule has 0 spiro atoms. The van der Waals surface area contributed by atoms with Gasteiger partial charge in [-0.3, -0.25) is 9.59 Å². The number of nitrogens with zero attached hydrogens (tertiary/aromatic N) is 2. The van der Waals surface area contributed by atoms with Gasteiger partial charge < -0.3 is 14.7 Å². The Kier molecular flexibility index (Phi) is 4.27. The Balaban J connectivity index is 1.63. The molecule has 2 atom stereocenters. The molecule has 132 valence electrons. The molecule has 1 aromatic heterocycles. The summed E-state index contributed by atoms with van der Waals surface area (Å²) in [5.74, 6) is -0.181. The van der Waals surface area contributed by atoms with Crippen LogP contribution < -0.4 is 5.32 Å². The van der Waals surface area contributed by atoms with Crippen molar-refractivity contribution in [2.45, 2.75) is 56.8 Å². The number of hydrogen-bond donors (Lipinski definition) is 1. The van der Waals surface area contributed by atoms with E-state index in [2.05, 4.69) is 10.5 Å². The van der Waals surface area contributed by atoms with Gasteiger partial charge in [0.25, 0.3) is 5.91 Å². The second kappa shape index (κ2) is 6.10. The first kappa shape index (κ1) is 16.8. The van der Waals surface area contributed by atoms with Crippen molar-refractivity contribution in [3.05, 3.63) is 17.5 Å². The zero-order valence-electron chi connectivity index (χ0n) is 13.1. The van der Waals surface area contributed by atoms with Crippen LogP contribution >= 0.6 is 0 Å².